The average Bonchev–Trinajstić information content (AvgIpc) is 3.24. The molecule has 0 fully saturated rings. The molecule has 0 saturated heterocycles. The van der Waals surface area contributed by atoms with E-state index in [9.17, 15) is 4.79 Å². The third-order valence-electron chi connectivity index (χ3n) is 4.84. The Balaban J connectivity index is 1.72. The summed E-state index contributed by atoms with van der Waals surface area (Å²) >= 11 is 0. The fourth-order valence-corrected chi connectivity index (χ4v) is 3.19. The molecule has 4 aromatic rings. The number of carbonyl (C=O) groups excluding carboxylic acids is 1. The third-order valence-corrected chi connectivity index (χ3v) is 4.84. The number of hydrogen-bond acceptors (Lipinski definition) is 5. The number of aryl methyl sites for hydroxylation is 1. The Morgan fingerprint density at radius 2 is 1.87 bits per heavy atom. The van der Waals surface area contributed by atoms with Crippen molar-refractivity contribution in [2.75, 3.05) is 7.11 Å². The fourth-order valence-electron chi connectivity index (χ4n) is 3.19. The number of amides is 1. The quantitative estimate of drug-likeness (QED) is 0.536. The second-order valence-corrected chi connectivity index (χ2v) is 6.74. The van der Waals surface area contributed by atoms with E-state index < -0.39 is 0 Å². The first-order valence-electron chi connectivity index (χ1n) is 9.50. The highest BCUT2D eigenvalue weighted by Crippen LogP contribution is 2.26. The second-order valence-electron chi connectivity index (χ2n) is 6.74. The minimum atomic E-state index is -0.292. The molecule has 0 saturated carbocycles. The van der Waals surface area contributed by atoms with Crippen LogP contribution in [0.3, 0.4) is 0 Å². The molecular weight excluding hydrogens is 378 g/mol. The van der Waals surface area contributed by atoms with Crippen molar-refractivity contribution in [2.24, 2.45) is 0 Å². The fraction of sp³-hybridized carbons (Fsp3) is 0.130. The summed E-state index contributed by atoms with van der Waals surface area (Å²) in [5.41, 5.74) is 4.54. The Hall–Kier alpha value is -4.00. The number of aromatic nitrogens is 4. The molecule has 0 radical (unpaired) electrons. The Bertz CT molecular complexity index is 1170. The highest BCUT2D eigenvalue weighted by atomic mass is 16.5. The number of ether oxygens (including phenoxy) is 1. The van der Waals surface area contributed by atoms with E-state index in [0.29, 0.717) is 18.0 Å². The molecule has 2 aromatic carbocycles. The number of rotatable bonds is 6. The van der Waals surface area contributed by atoms with E-state index in [4.69, 9.17) is 4.74 Å². The molecular formula is C23H21N5O2. The minimum Gasteiger partial charge on any atom is -0.497 e. The lowest BCUT2D eigenvalue weighted by Gasteiger charge is -2.10. The number of benzene rings is 2. The zero-order chi connectivity index (χ0) is 20.9. The van der Waals surface area contributed by atoms with Crippen molar-refractivity contribution in [3.8, 4) is 22.7 Å². The summed E-state index contributed by atoms with van der Waals surface area (Å²) in [6, 6.07) is 19.0. The maximum Gasteiger partial charge on any atom is 0.274 e. The monoisotopic (exact) mass is 399 g/mol. The molecule has 0 aliphatic carbocycles. The van der Waals surface area contributed by atoms with Gasteiger partial charge < -0.3 is 10.1 Å². The van der Waals surface area contributed by atoms with E-state index >= 15 is 0 Å². The second kappa shape index (κ2) is 8.57. The van der Waals surface area contributed by atoms with Crippen molar-refractivity contribution in [3.63, 3.8) is 0 Å². The van der Waals surface area contributed by atoms with Gasteiger partial charge in [0.15, 0.2) is 5.69 Å². The van der Waals surface area contributed by atoms with Gasteiger partial charge in [0, 0.05) is 30.6 Å². The van der Waals surface area contributed by atoms with Gasteiger partial charge >= 0.3 is 0 Å². The molecule has 30 heavy (non-hydrogen) atoms. The summed E-state index contributed by atoms with van der Waals surface area (Å²) in [7, 11) is 1.61. The van der Waals surface area contributed by atoms with Gasteiger partial charge in [-0.05, 0) is 42.3 Å². The van der Waals surface area contributed by atoms with Crippen molar-refractivity contribution in [1.82, 2.24) is 25.3 Å². The molecule has 1 amide bonds. The van der Waals surface area contributed by atoms with Crippen LogP contribution in [0.1, 0.15) is 21.6 Å². The van der Waals surface area contributed by atoms with Crippen molar-refractivity contribution < 1.29 is 9.53 Å². The SMILES string of the molecule is COc1cccc(-n2nnc(C(=O)NCc3ccccc3C)c2-c2ccncc2)c1. The zero-order valence-electron chi connectivity index (χ0n) is 16.7. The lowest BCUT2D eigenvalue weighted by molar-refractivity contribution is 0.0946. The predicted octanol–water partition coefficient (Wildman–Crippen LogP) is 3.58. The van der Waals surface area contributed by atoms with Gasteiger partial charge in [-0.1, -0.05) is 35.5 Å². The Morgan fingerprint density at radius 1 is 1.07 bits per heavy atom. The first kappa shape index (κ1) is 19.3. The van der Waals surface area contributed by atoms with Gasteiger partial charge in [0.2, 0.25) is 0 Å². The summed E-state index contributed by atoms with van der Waals surface area (Å²) in [4.78, 5) is 17.1. The summed E-state index contributed by atoms with van der Waals surface area (Å²) < 4.78 is 6.96. The van der Waals surface area contributed by atoms with E-state index in [1.807, 2.05) is 67.6 Å². The maximum atomic E-state index is 13.0. The molecule has 0 aliphatic rings. The highest BCUT2D eigenvalue weighted by Gasteiger charge is 2.22. The van der Waals surface area contributed by atoms with Gasteiger partial charge in [0.1, 0.15) is 11.4 Å². The number of nitrogens with zero attached hydrogens (tertiary/aromatic N) is 4. The van der Waals surface area contributed by atoms with E-state index in [0.717, 1.165) is 22.4 Å². The lowest BCUT2D eigenvalue weighted by atomic mass is 10.1. The van der Waals surface area contributed by atoms with Crippen molar-refractivity contribution in [2.45, 2.75) is 13.5 Å². The van der Waals surface area contributed by atoms with Crippen LogP contribution in [0.25, 0.3) is 16.9 Å². The van der Waals surface area contributed by atoms with Crippen molar-refractivity contribution in [1.29, 1.82) is 0 Å². The van der Waals surface area contributed by atoms with E-state index in [-0.39, 0.29) is 11.6 Å². The van der Waals surface area contributed by atoms with Crippen LogP contribution < -0.4 is 10.1 Å². The van der Waals surface area contributed by atoms with Crippen LogP contribution in [-0.2, 0) is 6.54 Å². The Labute approximate surface area is 174 Å². The molecule has 0 unspecified atom stereocenters. The number of pyridine rings is 1. The largest absolute Gasteiger partial charge is 0.497 e. The topological polar surface area (TPSA) is 81.9 Å². The normalized spacial score (nSPS) is 10.6. The molecule has 150 valence electrons. The van der Waals surface area contributed by atoms with Gasteiger partial charge in [0.05, 0.1) is 12.8 Å². The third kappa shape index (κ3) is 3.91. The van der Waals surface area contributed by atoms with Gasteiger partial charge in [-0.3, -0.25) is 9.78 Å². The van der Waals surface area contributed by atoms with E-state index in [1.54, 1.807) is 24.2 Å². The van der Waals surface area contributed by atoms with Crippen molar-refractivity contribution >= 4 is 5.91 Å². The number of nitrogens with one attached hydrogen (secondary N) is 1. The van der Waals surface area contributed by atoms with Gasteiger partial charge in [-0.15, -0.1) is 5.10 Å². The first-order chi connectivity index (χ1) is 14.7. The van der Waals surface area contributed by atoms with Crippen LogP contribution in [0.4, 0.5) is 0 Å². The summed E-state index contributed by atoms with van der Waals surface area (Å²) in [6.07, 6.45) is 3.35. The van der Waals surface area contributed by atoms with Crippen LogP contribution >= 0.6 is 0 Å². The predicted molar refractivity (Wildman–Crippen MR) is 113 cm³/mol. The zero-order valence-corrected chi connectivity index (χ0v) is 16.7. The van der Waals surface area contributed by atoms with Crippen LogP contribution in [0, 0.1) is 6.92 Å². The van der Waals surface area contributed by atoms with Crippen LogP contribution in [0.2, 0.25) is 0 Å². The molecule has 1 N–H and O–H groups in total. The molecule has 7 nitrogen and oxygen atoms in total. The molecule has 2 aromatic heterocycles. The van der Waals surface area contributed by atoms with Crippen molar-refractivity contribution in [3.05, 3.63) is 89.9 Å². The van der Waals surface area contributed by atoms with Crippen LogP contribution in [0.5, 0.6) is 5.75 Å². The number of hydrogen-bond donors (Lipinski definition) is 1. The minimum absolute atomic E-state index is 0.248. The van der Waals surface area contributed by atoms with Crippen LogP contribution in [0.15, 0.2) is 73.1 Å². The molecule has 0 atom stereocenters. The smallest absolute Gasteiger partial charge is 0.274 e. The number of methoxy groups -OCH3 is 1. The van der Waals surface area contributed by atoms with Crippen LogP contribution in [-0.4, -0.2) is 33.0 Å². The van der Waals surface area contributed by atoms with Gasteiger partial charge in [-0.25, -0.2) is 4.68 Å². The first-order valence-corrected chi connectivity index (χ1v) is 9.50. The Morgan fingerprint density at radius 3 is 2.63 bits per heavy atom. The molecule has 0 bridgehead atoms. The van der Waals surface area contributed by atoms with E-state index in [1.165, 1.54) is 0 Å². The lowest BCUT2D eigenvalue weighted by Crippen LogP contribution is -2.24. The number of carbonyl (C=O) groups is 1. The molecule has 4 rings (SSSR count). The molecule has 0 spiro atoms. The Kier molecular flexibility index (Phi) is 5.52. The van der Waals surface area contributed by atoms with E-state index in [2.05, 4.69) is 20.6 Å². The van der Waals surface area contributed by atoms with Gasteiger partial charge in [0.25, 0.3) is 5.91 Å². The maximum absolute atomic E-state index is 13.0. The standard InChI is InChI=1S/C23H21N5O2/c1-16-6-3-4-7-18(16)15-25-23(29)21-22(17-10-12-24-13-11-17)28(27-26-21)19-8-5-9-20(14-19)30-2/h3-14H,15H2,1-2H3,(H,25,29). The highest BCUT2D eigenvalue weighted by molar-refractivity contribution is 5.98. The van der Waals surface area contributed by atoms with Gasteiger partial charge in [-0.2, -0.15) is 0 Å². The molecule has 2 heterocycles. The average molecular weight is 399 g/mol. The summed E-state index contributed by atoms with van der Waals surface area (Å²) in [5, 5.41) is 11.4. The summed E-state index contributed by atoms with van der Waals surface area (Å²) in [6.45, 7) is 2.43. The molecule has 0 aliphatic heterocycles. The summed E-state index contributed by atoms with van der Waals surface area (Å²) in [5.74, 6) is 0.397. The molecule has 7 heteroatoms.